The van der Waals surface area contributed by atoms with Crippen molar-refractivity contribution in [2.24, 2.45) is 5.92 Å². The second-order valence-electron chi connectivity index (χ2n) is 6.77. The fourth-order valence-corrected chi connectivity index (χ4v) is 3.35. The fraction of sp³-hybridized carbons (Fsp3) is 0.765. The van der Waals surface area contributed by atoms with Crippen molar-refractivity contribution in [1.29, 1.82) is 0 Å². The van der Waals surface area contributed by atoms with E-state index in [0.717, 1.165) is 77.0 Å². The van der Waals surface area contributed by atoms with Crippen LogP contribution in [0.1, 0.15) is 26.2 Å². The zero-order valence-corrected chi connectivity index (χ0v) is 14.7. The second-order valence-corrected chi connectivity index (χ2v) is 6.77. The number of piperazine rings is 1. The first-order valence-corrected chi connectivity index (χ1v) is 9.18. The number of nitrogens with two attached hydrogens (primary N) is 1. The van der Waals surface area contributed by atoms with Crippen molar-refractivity contribution >= 4 is 17.6 Å². The van der Waals surface area contributed by atoms with E-state index in [1.807, 2.05) is 6.07 Å². The van der Waals surface area contributed by atoms with Crippen LogP contribution in [0, 0.1) is 5.92 Å². The molecule has 134 valence electrons. The molecule has 0 radical (unpaired) electrons. The van der Waals surface area contributed by atoms with Gasteiger partial charge in [0, 0.05) is 51.9 Å². The van der Waals surface area contributed by atoms with Crippen molar-refractivity contribution in [2.75, 3.05) is 68.4 Å². The van der Waals surface area contributed by atoms with Gasteiger partial charge in [-0.3, -0.25) is 4.90 Å². The van der Waals surface area contributed by atoms with Gasteiger partial charge < -0.3 is 20.7 Å². The highest BCUT2D eigenvalue weighted by Gasteiger charge is 2.23. The number of ether oxygens (including phenoxy) is 1. The molecule has 2 aliphatic heterocycles. The number of nitrogens with one attached hydrogen (secondary N) is 1. The highest BCUT2D eigenvalue weighted by atomic mass is 16.5. The van der Waals surface area contributed by atoms with Gasteiger partial charge in [-0.05, 0) is 18.8 Å². The molecule has 2 aliphatic rings. The highest BCUT2D eigenvalue weighted by Crippen LogP contribution is 2.20. The Morgan fingerprint density at radius 3 is 2.83 bits per heavy atom. The minimum absolute atomic E-state index is 0.344. The predicted octanol–water partition coefficient (Wildman–Crippen LogP) is 1.43. The molecule has 7 heteroatoms. The van der Waals surface area contributed by atoms with E-state index in [1.54, 1.807) is 0 Å². The summed E-state index contributed by atoms with van der Waals surface area (Å²) >= 11 is 0. The zero-order chi connectivity index (χ0) is 16.8. The van der Waals surface area contributed by atoms with Crippen LogP contribution in [0.25, 0.3) is 0 Å². The quantitative estimate of drug-likeness (QED) is 0.730. The van der Waals surface area contributed by atoms with Gasteiger partial charge >= 0.3 is 0 Å². The van der Waals surface area contributed by atoms with Crippen LogP contribution < -0.4 is 16.0 Å². The molecular weight excluding hydrogens is 304 g/mol. The van der Waals surface area contributed by atoms with Crippen LogP contribution in [0.2, 0.25) is 0 Å². The summed E-state index contributed by atoms with van der Waals surface area (Å²) in [5.74, 6) is 2.82. The van der Waals surface area contributed by atoms with Crippen molar-refractivity contribution < 1.29 is 4.74 Å². The third kappa shape index (κ3) is 4.70. The smallest absolute Gasteiger partial charge is 0.223 e. The number of hydrogen-bond acceptors (Lipinski definition) is 7. The molecule has 0 amide bonds. The molecule has 3 N–H and O–H groups in total. The average molecular weight is 334 g/mol. The Balaban J connectivity index is 1.53. The van der Waals surface area contributed by atoms with Crippen molar-refractivity contribution in [3.8, 4) is 0 Å². The predicted molar refractivity (Wildman–Crippen MR) is 97.4 cm³/mol. The molecule has 0 spiro atoms. The summed E-state index contributed by atoms with van der Waals surface area (Å²) in [5.41, 5.74) is 5.89. The molecular formula is C17H30N6O. The summed E-state index contributed by atoms with van der Waals surface area (Å²) in [7, 11) is 0. The standard InChI is InChI=1S/C17H30N6O/c1-2-3-5-19-15-11-16(21-17(18)20-15)23-8-6-22(7-9-23)12-14-4-10-24-13-14/h11,14H,2-10,12-13H2,1H3,(H3,18,19,20,21). The summed E-state index contributed by atoms with van der Waals surface area (Å²) in [6, 6.07) is 2.02. The Kier molecular flexibility index (Phi) is 6.09. The molecule has 1 aromatic rings. The van der Waals surface area contributed by atoms with E-state index < -0.39 is 0 Å². The number of unbranched alkanes of at least 4 members (excludes halogenated alkanes) is 1. The van der Waals surface area contributed by atoms with Crippen LogP contribution >= 0.6 is 0 Å². The van der Waals surface area contributed by atoms with E-state index in [4.69, 9.17) is 10.5 Å². The zero-order valence-electron chi connectivity index (χ0n) is 14.7. The van der Waals surface area contributed by atoms with Gasteiger partial charge in [0.1, 0.15) is 11.6 Å². The van der Waals surface area contributed by atoms with Gasteiger partial charge in [0.15, 0.2) is 0 Å². The Hall–Kier alpha value is -1.60. The van der Waals surface area contributed by atoms with Gasteiger partial charge in [-0.1, -0.05) is 13.3 Å². The number of anilines is 3. The number of nitrogens with zero attached hydrogens (tertiary/aromatic N) is 4. The van der Waals surface area contributed by atoms with Crippen LogP contribution in [0.3, 0.4) is 0 Å². The number of rotatable bonds is 7. The molecule has 1 atom stereocenters. The largest absolute Gasteiger partial charge is 0.381 e. The summed E-state index contributed by atoms with van der Waals surface area (Å²) < 4.78 is 5.48. The molecule has 1 unspecified atom stereocenters. The average Bonchev–Trinajstić information content (AvgIpc) is 3.08. The molecule has 0 saturated carbocycles. The van der Waals surface area contributed by atoms with E-state index >= 15 is 0 Å². The molecule has 0 aromatic carbocycles. The lowest BCUT2D eigenvalue weighted by Gasteiger charge is -2.36. The van der Waals surface area contributed by atoms with Crippen LogP contribution in [0.4, 0.5) is 17.6 Å². The van der Waals surface area contributed by atoms with Crippen LogP contribution in [0.15, 0.2) is 6.07 Å². The first-order valence-electron chi connectivity index (χ1n) is 9.18. The third-order valence-electron chi connectivity index (χ3n) is 4.80. The monoisotopic (exact) mass is 334 g/mol. The van der Waals surface area contributed by atoms with Crippen molar-refractivity contribution in [2.45, 2.75) is 26.2 Å². The lowest BCUT2D eigenvalue weighted by molar-refractivity contribution is 0.164. The first-order chi connectivity index (χ1) is 11.7. The van der Waals surface area contributed by atoms with E-state index in [2.05, 4.69) is 32.0 Å². The minimum atomic E-state index is 0.344. The van der Waals surface area contributed by atoms with E-state index in [9.17, 15) is 0 Å². The summed E-state index contributed by atoms with van der Waals surface area (Å²) in [6.45, 7) is 10.2. The summed E-state index contributed by atoms with van der Waals surface area (Å²) in [4.78, 5) is 13.6. The van der Waals surface area contributed by atoms with Crippen molar-refractivity contribution in [3.05, 3.63) is 6.07 Å². The first kappa shape index (κ1) is 17.2. The summed E-state index contributed by atoms with van der Waals surface area (Å²) in [5, 5.41) is 3.34. The molecule has 2 fully saturated rings. The Labute approximate surface area is 144 Å². The number of nitrogen functional groups attached to an aromatic ring is 1. The lowest BCUT2D eigenvalue weighted by Crippen LogP contribution is -2.48. The SMILES string of the molecule is CCCCNc1cc(N2CCN(CC3CCOC3)CC2)nc(N)n1. The summed E-state index contributed by atoms with van der Waals surface area (Å²) in [6.07, 6.45) is 3.49. The van der Waals surface area contributed by atoms with Gasteiger partial charge in [0.25, 0.3) is 0 Å². The van der Waals surface area contributed by atoms with Crippen LogP contribution in [-0.4, -0.2) is 67.4 Å². The van der Waals surface area contributed by atoms with Crippen LogP contribution in [0.5, 0.6) is 0 Å². The van der Waals surface area contributed by atoms with Gasteiger partial charge in [0.05, 0.1) is 6.61 Å². The maximum Gasteiger partial charge on any atom is 0.223 e. The number of hydrogen-bond donors (Lipinski definition) is 2. The fourth-order valence-electron chi connectivity index (χ4n) is 3.35. The third-order valence-corrected chi connectivity index (χ3v) is 4.80. The van der Waals surface area contributed by atoms with E-state index in [0.29, 0.717) is 11.9 Å². The Morgan fingerprint density at radius 2 is 2.12 bits per heavy atom. The van der Waals surface area contributed by atoms with Gasteiger partial charge in [-0.25, -0.2) is 0 Å². The van der Waals surface area contributed by atoms with E-state index in [-0.39, 0.29) is 0 Å². The molecule has 1 aromatic heterocycles. The molecule has 3 rings (SSSR count). The minimum Gasteiger partial charge on any atom is -0.381 e. The van der Waals surface area contributed by atoms with Crippen molar-refractivity contribution in [1.82, 2.24) is 14.9 Å². The van der Waals surface area contributed by atoms with Crippen LogP contribution in [-0.2, 0) is 4.74 Å². The van der Waals surface area contributed by atoms with Gasteiger partial charge in [-0.2, -0.15) is 9.97 Å². The molecule has 3 heterocycles. The number of aromatic nitrogens is 2. The maximum absolute atomic E-state index is 5.89. The Bertz CT molecular complexity index is 512. The second kappa shape index (κ2) is 8.48. The topological polar surface area (TPSA) is 79.5 Å². The highest BCUT2D eigenvalue weighted by molar-refractivity contribution is 5.52. The van der Waals surface area contributed by atoms with E-state index in [1.165, 1.54) is 6.42 Å². The van der Waals surface area contributed by atoms with Gasteiger partial charge in [0.2, 0.25) is 5.95 Å². The Morgan fingerprint density at radius 1 is 1.29 bits per heavy atom. The van der Waals surface area contributed by atoms with Crippen molar-refractivity contribution in [3.63, 3.8) is 0 Å². The lowest BCUT2D eigenvalue weighted by atomic mass is 10.1. The molecule has 2 saturated heterocycles. The maximum atomic E-state index is 5.89. The molecule has 0 aliphatic carbocycles. The molecule has 7 nitrogen and oxygen atoms in total. The van der Waals surface area contributed by atoms with Gasteiger partial charge in [-0.15, -0.1) is 0 Å². The molecule has 24 heavy (non-hydrogen) atoms. The normalized spacial score (nSPS) is 22.0. The molecule has 0 bridgehead atoms.